The zero-order valence-corrected chi connectivity index (χ0v) is 11.6. The summed E-state index contributed by atoms with van der Waals surface area (Å²) in [6, 6.07) is 0. The van der Waals surface area contributed by atoms with Crippen molar-refractivity contribution in [2.24, 2.45) is 17.3 Å². The smallest absolute Gasteiger partial charge is 0.331 e. The number of carboxylic acids is 1. The molecule has 0 aromatic carbocycles. The number of fused-ring (bicyclic) bond motifs is 1. The predicted octanol–water partition coefficient (Wildman–Crippen LogP) is 1.97. The topological polar surface area (TPSA) is 66.8 Å². The van der Waals surface area contributed by atoms with Gasteiger partial charge in [-0.25, -0.2) is 4.79 Å². The lowest BCUT2D eigenvalue weighted by molar-refractivity contribution is -0.133. The van der Waals surface area contributed by atoms with E-state index in [-0.39, 0.29) is 16.6 Å². The van der Waals surface area contributed by atoms with Crippen molar-refractivity contribution in [2.75, 3.05) is 6.61 Å². The van der Waals surface area contributed by atoms with Gasteiger partial charge in [0.05, 0.1) is 18.3 Å². The van der Waals surface area contributed by atoms with Crippen molar-refractivity contribution in [1.29, 1.82) is 0 Å². The second-order valence-corrected chi connectivity index (χ2v) is 6.78. The lowest BCUT2D eigenvalue weighted by Gasteiger charge is -2.59. The fourth-order valence-corrected chi connectivity index (χ4v) is 4.64. The van der Waals surface area contributed by atoms with Gasteiger partial charge in [-0.15, -0.1) is 0 Å². The van der Waals surface area contributed by atoms with Crippen LogP contribution in [0.3, 0.4) is 0 Å². The van der Waals surface area contributed by atoms with Crippen LogP contribution < -0.4 is 0 Å². The molecule has 106 valence electrons. The molecule has 5 atom stereocenters. The summed E-state index contributed by atoms with van der Waals surface area (Å²) in [6.45, 7) is 4.45. The third-order valence-corrected chi connectivity index (χ3v) is 5.79. The number of rotatable bonds is 4. The number of hydrogen-bond acceptors (Lipinski definition) is 3. The minimum Gasteiger partial charge on any atom is -0.478 e. The van der Waals surface area contributed by atoms with Crippen molar-refractivity contribution in [3.05, 3.63) is 11.6 Å². The Morgan fingerprint density at radius 1 is 1.58 bits per heavy atom. The Balaban J connectivity index is 1.74. The van der Waals surface area contributed by atoms with Gasteiger partial charge in [0.15, 0.2) is 0 Å². The molecule has 1 aliphatic heterocycles. The van der Waals surface area contributed by atoms with Gasteiger partial charge >= 0.3 is 5.97 Å². The average Bonchev–Trinajstić information content (AvgIpc) is 2.46. The van der Waals surface area contributed by atoms with E-state index in [1.165, 1.54) is 25.8 Å². The highest BCUT2D eigenvalue weighted by Gasteiger charge is 2.69. The molecule has 1 saturated heterocycles. The van der Waals surface area contributed by atoms with Crippen LogP contribution in [0.4, 0.5) is 0 Å². The van der Waals surface area contributed by atoms with Crippen molar-refractivity contribution in [3.8, 4) is 0 Å². The van der Waals surface area contributed by atoms with Gasteiger partial charge in [0, 0.05) is 11.0 Å². The molecule has 19 heavy (non-hydrogen) atoms. The van der Waals surface area contributed by atoms with Crippen LogP contribution in [0, 0.1) is 17.3 Å². The zero-order chi connectivity index (χ0) is 13.8. The minimum absolute atomic E-state index is 0.0000267. The van der Waals surface area contributed by atoms with Crippen LogP contribution in [0.15, 0.2) is 11.6 Å². The molecule has 0 aromatic rings. The van der Waals surface area contributed by atoms with Gasteiger partial charge in [0.1, 0.15) is 0 Å². The Bertz CT molecular complexity index is 441. The number of ether oxygens (including phenoxy) is 1. The van der Waals surface area contributed by atoms with E-state index in [1.54, 1.807) is 0 Å². The molecule has 2 N–H and O–H groups in total. The lowest BCUT2D eigenvalue weighted by Crippen LogP contribution is -2.58. The first-order valence-electron chi connectivity index (χ1n) is 7.11. The van der Waals surface area contributed by atoms with Crippen molar-refractivity contribution >= 4 is 5.97 Å². The molecule has 4 nitrogen and oxygen atoms in total. The average molecular weight is 266 g/mol. The largest absolute Gasteiger partial charge is 0.478 e. The second-order valence-electron chi connectivity index (χ2n) is 6.78. The summed E-state index contributed by atoms with van der Waals surface area (Å²) in [5.74, 6) is 0.242. The van der Waals surface area contributed by atoms with Crippen LogP contribution in [0.25, 0.3) is 0 Å². The van der Waals surface area contributed by atoms with E-state index in [1.807, 2.05) is 0 Å². The highest BCUT2D eigenvalue weighted by Crippen LogP contribution is 2.70. The van der Waals surface area contributed by atoms with Gasteiger partial charge in [0.2, 0.25) is 0 Å². The first-order valence-corrected chi connectivity index (χ1v) is 7.11. The van der Waals surface area contributed by atoms with Gasteiger partial charge in [-0.05, 0) is 57.4 Å². The van der Waals surface area contributed by atoms with Crippen molar-refractivity contribution in [1.82, 2.24) is 0 Å². The molecule has 0 unspecified atom stereocenters. The summed E-state index contributed by atoms with van der Waals surface area (Å²) in [4.78, 5) is 10.8. The first-order chi connectivity index (χ1) is 8.87. The van der Waals surface area contributed by atoms with Crippen molar-refractivity contribution < 1.29 is 19.7 Å². The Morgan fingerprint density at radius 2 is 2.32 bits per heavy atom. The van der Waals surface area contributed by atoms with E-state index in [4.69, 9.17) is 9.84 Å². The number of carbonyl (C=O) groups is 1. The van der Waals surface area contributed by atoms with Gasteiger partial charge in [-0.3, -0.25) is 0 Å². The highest BCUT2D eigenvalue weighted by molar-refractivity contribution is 5.85. The molecule has 0 radical (unpaired) electrons. The van der Waals surface area contributed by atoms with Crippen LogP contribution >= 0.6 is 0 Å². The second kappa shape index (κ2) is 4.06. The van der Waals surface area contributed by atoms with E-state index in [0.29, 0.717) is 18.3 Å². The minimum atomic E-state index is -0.960. The van der Waals surface area contributed by atoms with Crippen molar-refractivity contribution in [3.63, 3.8) is 0 Å². The molecule has 0 spiro atoms. The molecular weight excluding hydrogens is 244 g/mol. The molecule has 1 heterocycles. The van der Waals surface area contributed by atoms with E-state index < -0.39 is 12.1 Å². The quantitative estimate of drug-likeness (QED) is 0.763. The molecule has 4 fully saturated rings. The van der Waals surface area contributed by atoms with Crippen molar-refractivity contribution in [2.45, 2.75) is 51.2 Å². The maximum atomic E-state index is 10.8. The van der Waals surface area contributed by atoms with Gasteiger partial charge < -0.3 is 14.9 Å². The fourth-order valence-electron chi connectivity index (χ4n) is 4.64. The van der Waals surface area contributed by atoms with E-state index >= 15 is 0 Å². The monoisotopic (exact) mass is 266 g/mol. The molecule has 3 saturated carbocycles. The Morgan fingerprint density at radius 3 is 2.95 bits per heavy atom. The van der Waals surface area contributed by atoms with Crippen LogP contribution in [0.5, 0.6) is 0 Å². The van der Waals surface area contributed by atoms with E-state index in [9.17, 15) is 9.90 Å². The standard InChI is InChI=1S/C15H22O4/c1-9(13(17)18)5-11(16)7-15-8-19-14(2)4-3-10(15)6-12(14)15/h5,10-12,16H,3-4,6-8H2,1-2H3,(H,17,18)/b9-5+/t10-,11+,12-,14+,15+/m0/s1. The fraction of sp³-hybridized carbons (Fsp3) is 0.800. The molecule has 0 amide bonds. The number of carboxylic acid groups (broad SMARTS) is 1. The molecule has 4 aliphatic rings. The zero-order valence-electron chi connectivity index (χ0n) is 11.6. The molecular formula is C15H22O4. The predicted molar refractivity (Wildman–Crippen MR) is 69.6 cm³/mol. The molecule has 4 bridgehead atoms. The van der Waals surface area contributed by atoms with Crippen LogP contribution in [0.1, 0.15) is 39.5 Å². The molecule has 4 rings (SSSR count). The van der Waals surface area contributed by atoms with Gasteiger partial charge in [-0.2, -0.15) is 0 Å². The summed E-state index contributed by atoms with van der Waals surface area (Å²) in [5.41, 5.74) is 0.317. The number of aliphatic carboxylic acids is 1. The first kappa shape index (κ1) is 13.1. The Kier molecular flexibility index (Phi) is 2.81. The third kappa shape index (κ3) is 1.77. The summed E-state index contributed by atoms with van der Waals surface area (Å²) >= 11 is 0. The molecule has 4 heteroatoms. The lowest BCUT2D eigenvalue weighted by atomic mass is 9.43. The number of aliphatic hydroxyl groups is 1. The SMILES string of the molecule is C/C(=C\[C@@H](O)C[C@@]12CO[C@]3(C)CC[C@H]1C[C@H]23)C(=O)O. The molecule has 3 aliphatic carbocycles. The summed E-state index contributed by atoms with van der Waals surface area (Å²) in [7, 11) is 0. The van der Waals surface area contributed by atoms with Crippen LogP contribution in [-0.4, -0.2) is 34.5 Å². The van der Waals surface area contributed by atoms with E-state index in [2.05, 4.69) is 6.92 Å². The third-order valence-electron chi connectivity index (χ3n) is 5.79. The Hall–Kier alpha value is -0.870. The van der Waals surface area contributed by atoms with E-state index in [0.717, 1.165) is 13.0 Å². The number of hydrogen-bond donors (Lipinski definition) is 2. The highest BCUT2D eigenvalue weighted by atomic mass is 16.5. The van der Waals surface area contributed by atoms with Gasteiger partial charge in [-0.1, -0.05) is 0 Å². The maximum Gasteiger partial charge on any atom is 0.331 e. The summed E-state index contributed by atoms with van der Waals surface area (Å²) < 4.78 is 6.03. The van der Waals surface area contributed by atoms with Crippen LogP contribution in [0.2, 0.25) is 0 Å². The van der Waals surface area contributed by atoms with Gasteiger partial charge in [0.25, 0.3) is 0 Å². The summed E-state index contributed by atoms with van der Waals surface area (Å²) in [6.07, 6.45) is 4.96. The summed E-state index contributed by atoms with van der Waals surface area (Å²) in [5, 5.41) is 19.0. The number of aliphatic hydroxyl groups excluding tert-OH is 1. The van der Waals surface area contributed by atoms with Crippen LogP contribution in [-0.2, 0) is 9.53 Å². The molecule has 0 aromatic heterocycles. The normalized spacial score (nSPS) is 45.7. The maximum absolute atomic E-state index is 10.8. The Labute approximate surface area is 113 Å².